The van der Waals surface area contributed by atoms with Crippen LogP contribution in [0, 0.1) is 5.92 Å². The van der Waals surface area contributed by atoms with Crippen molar-refractivity contribution in [3.63, 3.8) is 0 Å². The Kier molecular flexibility index (Phi) is 3.16. The molecule has 1 N–H and O–H groups in total. The van der Waals surface area contributed by atoms with Gasteiger partial charge < -0.3 is 5.11 Å². The maximum atomic E-state index is 11.5. The van der Waals surface area contributed by atoms with Crippen molar-refractivity contribution in [2.24, 2.45) is 5.92 Å². The second-order valence-corrected chi connectivity index (χ2v) is 5.96. The molecule has 1 rings (SSSR count). The van der Waals surface area contributed by atoms with Crippen LogP contribution in [0.1, 0.15) is 20.3 Å². The summed E-state index contributed by atoms with van der Waals surface area (Å²) in [4.78, 5) is 10.8. The van der Waals surface area contributed by atoms with Crippen molar-refractivity contribution in [2.75, 3.05) is 12.3 Å². The van der Waals surface area contributed by atoms with Crippen molar-refractivity contribution in [3.05, 3.63) is 0 Å². The van der Waals surface area contributed by atoms with Gasteiger partial charge in [-0.1, -0.05) is 13.8 Å². The Morgan fingerprint density at radius 1 is 1.57 bits per heavy atom. The number of carboxylic acids is 1. The molecule has 82 valence electrons. The Hall–Kier alpha value is -0.620. The van der Waals surface area contributed by atoms with Crippen LogP contribution in [-0.2, 0) is 14.8 Å². The van der Waals surface area contributed by atoms with Gasteiger partial charge in [-0.3, -0.25) is 4.79 Å². The average Bonchev–Trinajstić information content (AvgIpc) is 2.26. The SMILES string of the molecule is CC(C)CN1C(C(=O)O)CCS1(=O)=O. The fraction of sp³-hybridized carbons (Fsp3) is 0.875. The smallest absolute Gasteiger partial charge is 0.322 e. The van der Waals surface area contributed by atoms with Gasteiger partial charge in [0.15, 0.2) is 0 Å². The third kappa shape index (κ3) is 2.24. The number of nitrogens with zero attached hydrogens (tertiary/aromatic N) is 1. The molecular formula is C8H15NO4S. The maximum absolute atomic E-state index is 11.5. The maximum Gasteiger partial charge on any atom is 0.322 e. The Bertz CT molecular complexity index is 322. The first-order chi connectivity index (χ1) is 6.34. The Morgan fingerprint density at radius 2 is 2.14 bits per heavy atom. The van der Waals surface area contributed by atoms with Crippen molar-refractivity contribution in [3.8, 4) is 0 Å². The normalized spacial score (nSPS) is 26.9. The molecule has 14 heavy (non-hydrogen) atoms. The highest BCUT2D eigenvalue weighted by Crippen LogP contribution is 2.22. The van der Waals surface area contributed by atoms with Gasteiger partial charge in [-0.2, -0.15) is 4.31 Å². The molecule has 1 aliphatic heterocycles. The van der Waals surface area contributed by atoms with Crippen molar-refractivity contribution < 1.29 is 18.3 Å². The zero-order chi connectivity index (χ0) is 10.9. The quantitative estimate of drug-likeness (QED) is 0.735. The summed E-state index contributed by atoms with van der Waals surface area (Å²) >= 11 is 0. The predicted octanol–water partition coefficient (Wildman–Crippen LogP) is 0.131. The average molecular weight is 221 g/mol. The van der Waals surface area contributed by atoms with Gasteiger partial charge in [0.1, 0.15) is 6.04 Å². The zero-order valence-corrected chi connectivity index (χ0v) is 9.12. The molecule has 1 saturated heterocycles. The lowest BCUT2D eigenvalue weighted by Gasteiger charge is -2.21. The molecule has 6 heteroatoms. The monoisotopic (exact) mass is 221 g/mol. The minimum Gasteiger partial charge on any atom is -0.480 e. The molecule has 0 saturated carbocycles. The molecule has 5 nitrogen and oxygen atoms in total. The van der Waals surface area contributed by atoms with E-state index in [1.807, 2.05) is 13.8 Å². The highest BCUT2D eigenvalue weighted by Gasteiger charge is 2.41. The third-order valence-electron chi connectivity index (χ3n) is 2.18. The van der Waals surface area contributed by atoms with Crippen LogP contribution in [0.25, 0.3) is 0 Å². The summed E-state index contributed by atoms with van der Waals surface area (Å²) in [6.45, 7) is 4.03. The van der Waals surface area contributed by atoms with Gasteiger partial charge in [0.25, 0.3) is 0 Å². The van der Waals surface area contributed by atoms with Crippen molar-refractivity contribution in [1.82, 2.24) is 4.31 Å². The van der Waals surface area contributed by atoms with Crippen molar-refractivity contribution in [1.29, 1.82) is 0 Å². The van der Waals surface area contributed by atoms with Crippen LogP contribution in [0.4, 0.5) is 0 Å². The predicted molar refractivity (Wildman–Crippen MR) is 51.4 cm³/mol. The van der Waals surface area contributed by atoms with E-state index in [0.29, 0.717) is 6.54 Å². The van der Waals surface area contributed by atoms with Gasteiger partial charge in [-0.05, 0) is 12.3 Å². The molecule has 1 atom stereocenters. The molecule has 0 aromatic heterocycles. The Morgan fingerprint density at radius 3 is 2.57 bits per heavy atom. The topological polar surface area (TPSA) is 74.7 Å². The summed E-state index contributed by atoms with van der Waals surface area (Å²) in [7, 11) is -3.32. The van der Waals surface area contributed by atoms with Crippen LogP contribution >= 0.6 is 0 Å². The van der Waals surface area contributed by atoms with Gasteiger partial charge >= 0.3 is 5.97 Å². The highest BCUT2D eigenvalue weighted by atomic mass is 32.2. The fourth-order valence-electron chi connectivity index (χ4n) is 1.56. The molecule has 1 aliphatic rings. The molecule has 0 bridgehead atoms. The van der Waals surface area contributed by atoms with Gasteiger partial charge in [-0.15, -0.1) is 0 Å². The molecule has 1 fully saturated rings. The summed E-state index contributed by atoms with van der Waals surface area (Å²) in [6.07, 6.45) is 0.199. The van der Waals surface area contributed by atoms with E-state index in [-0.39, 0.29) is 18.1 Å². The fourth-order valence-corrected chi connectivity index (χ4v) is 3.43. The first-order valence-corrected chi connectivity index (χ1v) is 6.18. The van der Waals surface area contributed by atoms with Crippen LogP contribution in [-0.4, -0.2) is 42.1 Å². The Balaban J connectivity index is 2.87. The van der Waals surface area contributed by atoms with Gasteiger partial charge in [0.05, 0.1) is 5.75 Å². The van der Waals surface area contributed by atoms with Crippen LogP contribution in [0.2, 0.25) is 0 Å². The molecule has 0 aliphatic carbocycles. The van der Waals surface area contributed by atoms with Gasteiger partial charge in [0, 0.05) is 6.54 Å². The third-order valence-corrected chi connectivity index (χ3v) is 4.05. The molecule has 0 amide bonds. The summed E-state index contributed by atoms with van der Waals surface area (Å²) in [5.74, 6) is -0.951. The van der Waals surface area contributed by atoms with Crippen LogP contribution in [0.3, 0.4) is 0 Å². The van der Waals surface area contributed by atoms with E-state index in [1.165, 1.54) is 0 Å². The van der Waals surface area contributed by atoms with E-state index in [1.54, 1.807) is 0 Å². The minimum atomic E-state index is -3.32. The van der Waals surface area contributed by atoms with Gasteiger partial charge in [-0.25, -0.2) is 8.42 Å². The minimum absolute atomic E-state index is 0.0450. The molecule has 0 spiro atoms. The summed E-state index contributed by atoms with van der Waals surface area (Å²) in [5, 5.41) is 8.82. The Labute approximate surface area is 83.8 Å². The molecule has 0 aromatic rings. The van der Waals surface area contributed by atoms with Crippen molar-refractivity contribution in [2.45, 2.75) is 26.3 Å². The standard InChI is InChI=1S/C8H15NO4S/c1-6(2)5-9-7(8(10)11)3-4-14(9,12)13/h6-7H,3-5H2,1-2H3,(H,10,11). The summed E-state index contributed by atoms with van der Waals surface area (Å²) in [5.41, 5.74) is 0. The van der Waals surface area contributed by atoms with E-state index >= 15 is 0 Å². The first-order valence-electron chi connectivity index (χ1n) is 4.57. The van der Waals surface area contributed by atoms with E-state index < -0.39 is 22.0 Å². The van der Waals surface area contributed by atoms with Crippen LogP contribution in [0.5, 0.6) is 0 Å². The second kappa shape index (κ2) is 3.86. The first kappa shape index (κ1) is 11.5. The number of rotatable bonds is 3. The molecule has 1 heterocycles. The van der Waals surface area contributed by atoms with E-state index in [9.17, 15) is 13.2 Å². The lowest BCUT2D eigenvalue weighted by atomic mass is 10.2. The van der Waals surface area contributed by atoms with E-state index in [2.05, 4.69) is 0 Å². The number of hydrogen-bond donors (Lipinski definition) is 1. The zero-order valence-electron chi connectivity index (χ0n) is 8.30. The summed E-state index contributed by atoms with van der Waals surface area (Å²) in [6, 6.07) is -0.859. The van der Waals surface area contributed by atoms with Crippen molar-refractivity contribution >= 4 is 16.0 Å². The number of aliphatic carboxylic acids is 1. The largest absolute Gasteiger partial charge is 0.480 e. The van der Waals surface area contributed by atoms with Crippen LogP contribution < -0.4 is 0 Å². The number of hydrogen-bond acceptors (Lipinski definition) is 3. The molecule has 0 aromatic carbocycles. The van der Waals surface area contributed by atoms with Gasteiger partial charge in [0.2, 0.25) is 10.0 Å². The number of sulfonamides is 1. The van der Waals surface area contributed by atoms with Crippen LogP contribution in [0.15, 0.2) is 0 Å². The second-order valence-electron chi connectivity index (χ2n) is 3.92. The number of carbonyl (C=O) groups is 1. The molecule has 1 unspecified atom stereocenters. The molecular weight excluding hydrogens is 206 g/mol. The number of carboxylic acid groups (broad SMARTS) is 1. The molecule has 0 radical (unpaired) electrons. The van der Waals surface area contributed by atoms with E-state index in [4.69, 9.17) is 5.11 Å². The lowest BCUT2D eigenvalue weighted by Crippen LogP contribution is -2.40. The summed E-state index contributed by atoms with van der Waals surface area (Å²) < 4.78 is 24.1. The highest BCUT2D eigenvalue weighted by molar-refractivity contribution is 7.89. The lowest BCUT2D eigenvalue weighted by molar-refractivity contribution is -0.141. The van der Waals surface area contributed by atoms with E-state index in [0.717, 1.165) is 4.31 Å².